The summed E-state index contributed by atoms with van der Waals surface area (Å²) in [5.74, 6) is -0.238. The highest BCUT2D eigenvalue weighted by Crippen LogP contribution is 2.23. The van der Waals surface area contributed by atoms with Gasteiger partial charge in [-0.15, -0.1) is 0 Å². The molecule has 8 heteroatoms. The molecule has 6 nitrogen and oxygen atoms in total. The number of hydrogen-bond donors (Lipinski definition) is 2. The van der Waals surface area contributed by atoms with Crippen molar-refractivity contribution in [2.45, 2.75) is 65.1 Å². The second-order valence-electron chi connectivity index (χ2n) is 10.2. The van der Waals surface area contributed by atoms with E-state index >= 15 is 0 Å². The van der Waals surface area contributed by atoms with Gasteiger partial charge in [-0.1, -0.05) is 36.6 Å². The van der Waals surface area contributed by atoms with Gasteiger partial charge in [0, 0.05) is 49.4 Å². The van der Waals surface area contributed by atoms with Gasteiger partial charge >= 0.3 is 6.09 Å². The van der Waals surface area contributed by atoms with Gasteiger partial charge in [0.1, 0.15) is 11.4 Å². The highest BCUT2D eigenvalue weighted by Gasteiger charge is 2.15. The number of nitrogens with one attached hydrogen (secondary N) is 2. The number of rotatable bonds is 14. The number of alkyl carbamates (subject to hydrolysis) is 1. The number of carbonyl (C=O) groups is 1. The lowest BCUT2D eigenvalue weighted by molar-refractivity contribution is 0.0526. The van der Waals surface area contributed by atoms with Crippen LogP contribution in [0.5, 0.6) is 0 Å². The van der Waals surface area contributed by atoms with Crippen LogP contribution in [-0.2, 0) is 22.6 Å². The summed E-state index contributed by atoms with van der Waals surface area (Å²) in [6.45, 7) is 9.43. The fraction of sp³-hybridized carbons (Fsp3) is 0.483. The summed E-state index contributed by atoms with van der Waals surface area (Å²) >= 11 is 5.99. The molecule has 0 aliphatic rings. The predicted octanol–water partition coefficient (Wildman–Crippen LogP) is 6.67. The Labute approximate surface area is 224 Å². The summed E-state index contributed by atoms with van der Waals surface area (Å²) in [5.41, 5.74) is 2.46. The van der Waals surface area contributed by atoms with Gasteiger partial charge in [-0.3, -0.25) is 0 Å². The lowest BCUT2D eigenvalue weighted by atomic mass is 10.1. The predicted molar refractivity (Wildman–Crippen MR) is 148 cm³/mol. The summed E-state index contributed by atoms with van der Waals surface area (Å²) in [6, 6.07) is 12.9. The second kappa shape index (κ2) is 14.4. The average Bonchev–Trinajstić information content (AvgIpc) is 3.22. The summed E-state index contributed by atoms with van der Waals surface area (Å²) in [5, 5.41) is 7.89. The van der Waals surface area contributed by atoms with Crippen LogP contribution in [0.2, 0.25) is 5.02 Å². The first kappa shape index (κ1) is 29.0. The molecule has 0 spiro atoms. The van der Waals surface area contributed by atoms with Crippen LogP contribution >= 0.6 is 11.6 Å². The van der Waals surface area contributed by atoms with Gasteiger partial charge in [-0.25, -0.2) is 9.18 Å². The molecule has 0 unspecified atom stereocenters. The van der Waals surface area contributed by atoms with Crippen molar-refractivity contribution in [2.75, 3.05) is 26.3 Å². The molecule has 37 heavy (non-hydrogen) atoms. The summed E-state index contributed by atoms with van der Waals surface area (Å²) < 4.78 is 27.4. The lowest BCUT2D eigenvalue weighted by Crippen LogP contribution is -2.32. The smallest absolute Gasteiger partial charge is 0.407 e. The van der Waals surface area contributed by atoms with Gasteiger partial charge in [0.05, 0.1) is 12.1 Å². The zero-order valence-corrected chi connectivity index (χ0v) is 22.9. The SMILES string of the molecule is CC(C)(C)OC(=O)NCCCCCCOCCNCc1cc(F)cc2c1ccn2Cc1ccc(Cl)cc1. The van der Waals surface area contributed by atoms with Crippen molar-refractivity contribution in [2.24, 2.45) is 0 Å². The minimum absolute atomic E-state index is 0.238. The van der Waals surface area contributed by atoms with E-state index in [2.05, 4.69) is 15.2 Å². The molecule has 0 radical (unpaired) electrons. The van der Waals surface area contributed by atoms with E-state index in [1.54, 1.807) is 12.1 Å². The van der Waals surface area contributed by atoms with E-state index in [1.807, 2.05) is 57.3 Å². The number of nitrogens with zero attached hydrogens (tertiary/aromatic N) is 1. The van der Waals surface area contributed by atoms with E-state index in [9.17, 15) is 9.18 Å². The van der Waals surface area contributed by atoms with Crippen molar-refractivity contribution >= 4 is 28.6 Å². The molecule has 0 saturated carbocycles. The summed E-state index contributed by atoms with van der Waals surface area (Å²) in [6.07, 6.45) is 5.63. The maximum atomic E-state index is 14.4. The van der Waals surface area contributed by atoms with E-state index in [4.69, 9.17) is 21.1 Å². The summed E-state index contributed by atoms with van der Waals surface area (Å²) in [4.78, 5) is 11.6. The van der Waals surface area contributed by atoms with Gasteiger partial charge in [0.15, 0.2) is 0 Å². The molecule has 1 heterocycles. The van der Waals surface area contributed by atoms with Crippen LogP contribution in [0.4, 0.5) is 9.18 Å². The third-order valence-electron chi connectivity index (χ3n) is 5.83. The Hall–Kier alpha value is -2.61. The first-order valence-corrected chi connectivity index (χ1v) is 13.4. The van der Waals surface area contributed by atoms with Crippen molar-refractivity contribution < 1.29 is 18.7 Å². The highest BCUT2D eigenvalue weighted by atomic mass is 35.5. The first-order valence-electron chi connectivity index (χ1n) is 13.0. The third-order valence-corrected chi connectivity index (χ3v) is 6.08. The van der Waals surface area contributed by atoms with Crippen LogP contribution in [0.1, 0.15) is 57.6 Å². The van der Waals surface area contributed by atoms with Gasteiger partial charge in [0.25, 0.3) is 0 Å². The Morgan fingerprint density at radius 3 is 2.51 bits per heavy atom. The molecule has 2 aromatic carbocycles. The number of ether oxygens (including phenoxy) is 2. The molecular weight excluding hydrogens is 493 g/mol. The number of fused-ring (bicyclic) bond motifs is 1. The molecule has 0 fully saturated rings. The fourth-order valence-electron chi connectivity index (χ4n) is 4.06. The van der Waals surface area contributed by atoms with Crippen LogP contribution in [0, 0.1) is 5.82 Å². The molecule has 0 bridgehead atoms. The molecule has 0 aliphatic heterocycles. The number of benzene rings is 2. The lowest BCUT2D eigenvalue weighted by Gasteiger charge is -2.19. The van der Waals surface area contributed by atoms with Crippen molar-refractivity contribution in [3.63, 3.8) is 0 Å². The minimum atomic E-state index is -0.468. The van der Waals surface area contributed by atoms with E-state index in [0.717, 1.165) is 47.7 Å². The monoisotopic (exact) mass is 531 g/mol. The van der Waals surface area contributed by atoms with Gasteiger partial charge in [-0.05, 0) is 75.1 Å². The van der Waals surface area contributed by atoms with Crippen molar-refractivity contribution in [3.05, 3.63) is 70.6 Å². The van der Waals surface area contributed by atoms with Gasteiger partial charge < -0.3 is 24.7 Å². The minimum Gasteiger partial charge on any atom is -0.444 e. The molecular formula is C29H39ClFN3O3. The molecule has 1 aromatic heterocycles. The second-order valence-corrected chi connectivity index (χ2v) is 10.6. The third kappa shape index (κ3) is 10.3. The number of carbonyl (C=O) groups excluding carboxylic acids is 1. The van der Waals surface area contributed by atoms with Crippen molar-refractivity contribution in [3.8, 4) is 0 Å². The highest BCUT2D eigenvalue weighted by molar-refractivity contribution is 6.30. The molecule has 202 valence electrons. The molecule has 3 aromatic rings. The number of aromatic nitrogens is 1. The van der Waals surface area contributed by atoms with Crippen LogP contribution in [0.25, 0.3) is 10.9 Å². The molecule has 2 N–H and O–H groups in total. The maximum Gasteiger partial charge on any atom is 0.407 e. The Morgan fingerprint density at radius 1 is 1.00 bits per heavy atom. The van der Waals surface area contributed by atoms with E-state index < -0.39 is 5.60 Å². The number of hydrogen-bond acceptors (Lipinski definition) is 4. The van der Waals surface area contributed by atoms with Crippen LogP contribution in [0.3, 0.4) is 0 Å². The van der Waals surface area contributed by atoms with Crippen LogP contribution in [0.15, 0.2) is 48.7 Å². The Kier molecular flexibility index (Phi) is 11.2. The van der Waals surface area contributed by atoms with Crippen molar-refractivity contribution in [1.29, 1.82) is 0 Å². The zero-order chi connectivity index (χ0) is 26.7. The van der Waals surface area contributed by atoms with Crippen LogP contribution in [-0.4, -0.2) is 42.6 Å². The van der Waals surface area contributed by atoms with Gasteiger partial charge in [-0.2, -0.15) is 0 Å². The first-order chi connectivity index (χ1) is 17.7. The normalized spacial score (nSPS) is 11.7. The number of amides is 1. The fourth-order valence-corrected chi connectivity index (χ4v) is 4.19. The molecule has 3 rings (SSSR count). The number of unbranched alkanes of at least 4 members (excludes halogenated alkanes) is 3. The Bertz CT molecular complexity index is 1130. The van der Waals surface area contributed by atoms with E-state index in [-0.39, 0.29) is 11.9 Å². The molecule has 0 aliphatic carbocycles. The average molecular weight is 532 g/mol. The topological polar surface area (TPSA) is 64.5 Å². The Morgan fingerprint density at radius 2 is 1.76 bits per heavy atom. The quantitative estimate of drug-likeness (QED) is 0.228. The molecule has 0 atom stereocenters. The van der Waals surface area contributed by atoms with Crippen molar-refractivity contribution in [1.82, 2.24) is 15.2 Å². The molecule has 1 amide bonds. The molecule has 0 saturated heterocycles. The maximum absolute atomic E-state index is 14.4. The van der Waals surface area contributed by atoms with Gasteiger partial charge in [0.2, 0.25) is 0 Å². The zero-order valence-electron chi connectivity index (χ0n) is 22.1. The number of halogens is 2. The summed E-state index contributed by atoms with van der Waals surface area (Å²) in [7, 11) is 0. The van der Waals surface area contributed by atoms with E-state index in [1.165, 1.54) is 0 Å². The Balaban J connectivity index is 1.30. The standard InChI is InChI=1S/C29H39ClFN3O3/c1-29(2,3)37-28(35)33-13-6-4-5-7-16-36-17-14-32-20-23-18-25(31)19-27-26(23)12-15-34(27)21-22-8-10-24(30)11-9-22/h8-12,15,18-19,32H,4-7,13-14,16-17,20-21H2,1-3H3,(H,33,35). The van der Waals surface area contributed by atoms with E-state index in [0.29, 0.717) is 44.4 Å². The van der Waals surface area contributed by atoms with Crippen LogP contribution < -0.4 is 10.6 Å². The largest absolute Gasteiger partial charge is 0.444 e.